The van der Waals surface area contributed by atoms with E-state index in [2.05, 4.69) is 5.32 Å². The van der Waals surface area contributed by atoms with E-state index in [-0.39, 0.29) is 36.7 Å². The van der Waals surface area contributed by atoms with E-state index in [1.165, 1.54) is 0 Å². The average Bonchev–Trinajstić information content (AvgIpc) is 3.16. The summed E-state index contributed by atoms with van der Waals surface area (Å²) in [5.74, 6) is -0.496. The summed E-state index contributed by atoms with van der Waals surface area (Å²) in [6, 6.07) is 6.97. The van der Waals surface area contributed by atoms with Gasteiger partial charge in [0.15, 0.2) is 6.61 Å². The van der Waals surface area contributed by atoms with Crippen molar-refractivity contribution < 1.29 is 24.2 Å². The van der Waals surface area contributed by atoms with E-state index in [1.807, 2.05) is 19.1 Å². The number of fused-ring (bicyclic) bond motifs is 2. The highest BCUT2D eigenvalue weighted by atomic mass is 16.5. The Labute approximate surface area is 134 Å². The molecular formula is C17H21NO5. The van der Waals surface area contributed by atoms with Crippen LogP contribution in [0.15, 0.2) is 24.3 Å². The number of aliphatic carboxylic acids is 1. The largest absolute Gasteiger partial charge is 0.482 e. The molecule has 1 aromatic rings. The predicted molar refractivity (Wildman–Crippen MR) is 82.1 cm³/mol. The minimum absolute atomic E-state index is 0.0330. The molecule has 0 aromatic heterocycles. The Bertz CT molecular complexity index is 585. The zero-order valence-corrected chi connectivity index (χ0v) is 13.0. The average molecular weight is 319 g/mol. The summed E-state index contributed by atoms with van der Waals surface area (Å²) in [5.41, 5.74) is 0.949. The second-order valence-electron chi connectivity index (χ2n) is 6.20. The molecule has 2 bridgehead atoms. The van der Waals surface area contributed by atoms with Gasteiger partial charge in [0, 0.05) is 0 Å². The van der Waals surface area contributed by atoms with Crippen molar-refractivity contribution in [2.24, 2.45) is 5.92 Å². The maximum atomic E-state index is 12.4. The first kappa shape index (κ1) is 15.8. The van der Waals surface area contributed by atoms with E-state index in [0.29, 0.717) is 5.75 Å². The van der Waals surface area contributed by atoms with E-state index < -0.39 is 5.97 Å². The molecule has 1 amide bonds. The Balaban J connectivity index is 1.54. The van der Waals surface area contributed by atoms with Crippen molar-refractivity contribution in [2.75, 3.05) is 6.61 Å². The van der Waals surface area contributed by atoms with Gasteiger partial charge in [-0.05, 0) is 43.9 Å². The molecule has 2 heterocycles. The number of nitrogens with one attached hydrogen (secondary N) is 1. The molecule has 2 saturated heterocycles. The number of hydrogen-bond acceptors (Lipinski definition) is 4. The van der Waals surface area contributed by atoms with Crippen LogP contribution < -0.4 is 10.1 Å². The van der Waals surface area contributed by atoms with Crippen LogP contribution in [0.5, 0.6) is 5.75 Å². The first-order chi connectivity index (χ1) is 11.0. The summed E-state index contributed by atoms with van der Waals surface area (Å²) in [5, 5.41) is 11.6. The lowest BCUT2D eigenvalue weighted by Crippen LogP contribution is -2.37. The fourth-order valence-electron chi connectivity index (χ4n) is 3.32. The van der Waals surface area contributed by atoms with Crippen LogP contribution in [-0.2, 0) is 14.3 Å². The van der Waals surface area contributed by atoms with Crippen LogP contribution in [0.3, 0.4) is 0 Å². The number of hydrogen-bond donors (Lipinski definition) is 2. The Morgan fingerprint density at radius 1 is 1.35 bits per heavy atom. The second kappa shape index (κ2) is 6.58. The number of ether oxygens (including phenoxy) is 2. The highest BCUT2D eigenvalue weighted by Gasteiger charge is 2.44. The maximum absolute atomic E-state index is 12.4. The molecule has 2 aliphatic rings. The van der Waals surface area contributed by atoms with Crippen LogP contribution in [0.4, 0.5) is 0 Å². The fourth-order valence-corrected chi connectivity index (χ4v) is 3.32. The summed E-state index contributed by atoms with van der Waals surface area (Å²) in [7, 11) is 0. The summed E-state index contributed by atoms with van der Waals surface area (Å²) < 4.78 is 10.8. The molecule has 0 unspecified atom stereocenters. The van der Waals surface area contributed by atoms with E-state index in [9.17, 15) is 9.59 Å². The smallest absolute Gasteiger partial charge is 0.341 e. The van der Waals surface area contributed by atoms with Gasteiger partial charge in [0.1, 0.15) is 5.75 Å². The molecule has 2 aliphatic heterocycles. The van der Waals surface area contributed by atoms with Crippen molar-refractivity contribution in [3.05, 3.63) is 29.8 Å². The molecule has 0 aliphatic carbocycles. The lowest BCUT2D eigenvalue weighted by atomic mass is 9.88. The van der Waals surface area contributed by atoms with Gasteiger partial charge in [-0.25, -0.2) is 4.79 Å². The van der Waals surface area contributed by atoms with Gasteiger partial charge in [0.2, 0.25) is 5.91 Å². The van der Waals surface area contributed by atoms with Gasteiger partial charge in [-0.15, -0.1) is 0 Å². The molecule has 6 heteroatoms. The Morgan fingerprint density at radius 3 is 2.65 bits per heavy atom. The molecule has 2 N–H and O–H groups in total. The zero-order chi connectivity index (χ0) is 16.4. The van der Waals surface area contributed by atoms with Gasteiger partial charge in [-0.1, -0.05) is 12.1 Å². The quantitative estimate of drug-likeness (QED) is 0.836. The molecule has 3 rings (SSSR count). The second-order valence-corrected chi connectivity index (χ2v) is 6.20. The molecule has 23 heavy (non-hydrogen) atoms. The Morgan fingerprint density at radius 2 is 2.09 bits per heavy atom. The van der Waals surface area contributed by atoms with Crippen molar-refractivity contribution in [3.63, 3.8) is 0 Å². The third-order valence-electron chi connectivity index (χ3n) is 4.54. The van der Waals surface area contributed by atoms with Crippen LogP contribution in [-0.4, -0.2) is 35.8 Å². The molecule has 6 nitrogen and oxygen atoms in total. The fraction of sp³-hybridized carbons (Fsp3) is 0.529. The number of benzene rings is 1. The molecular weight excluding hydrogens is 298 g/mol. The number of carboxylic acid groups (broad SMARTS) is 1. The van der Waals surface area contributed by atoms with Crippen LogP contribution in [0.2, 0.25) is 0 Å². The standard InChI is InChI=1S/C17H21NO5/c1-10(11-2-4-12(5-3-11)22-9-16(19)20)18-17(21)14-8-13-6-7-15(14)23-13/h2-5,10,13-15H,6-9H2,1H3,(H,18,21)(H,19,20)/t10-,13-,14+,15-/m1/s1. The molecule has 4 atom stereocenters. The maximum Gasteiger partial charge on any atom is 0.341 e. The number of carbonyl (C=O) groups excluding carboxylic acids is 1. The first-order valence-corrected chi connectivity index (χ1v) is 7.93. The normalized spacial score (nSPS) is 26.7. The highest BCUT2D eigenvalue weighted by molar-refractivity contribution is 5.80. The van der Waals surface area contributed by atoms with E-state index in [0.717, 1.165) is 24.8 Å². The van der Waals surface area contributed by atoms with Crippen LogP contribution >= 0.6 is 0 Å². The molecule has 1 aromatic carbocycles. The van der Waals surface area contributed by atoms with Gasteiger partial charge < -0.3 is 19.9 Å². The highest BCUT2D eigenvalue weighted by Crippen LogP contribution is 2.39. The van der Waals surface area contributed by atoms with Crippen molar-refractivity contribution in [3.8, 4) is 5.75 Å². The monoisotopic (exact) mass is 319 g/mol. The minimum Gasteiger partial charge on any atom is -0.482 e. The number of carbonyl (C=O) groups is 2. The topological polar surface area (TPSA) is 84.9 Å². The number of rotatable bonds is 6. The lowest BCUT2D eigenvalue weighted by Gasteiger charge is -2.21. The van der Waals surface area contributed by atoms with Crippen molar-refractivity contribution >= 4 is 11.9 Å². The molecule has 0 radical (unpaired) electrons. The summed E-state index contributed by atoms with van der Waals surface area (Å²) in [4.78, 5) is 22.8. The van der Waals surface area contributed by atoms with Crippen molar-refractivity contribution in [2.45, 2.75) is 44.4 Å². The van der Waals surface area contributed by atoms with Crippen molar-refractivity contribution in [1.82, 2.24) is 5.32 Å². The lowest BCUT2D eigenvalue weighted by molar-refractivity contribution is -0.139. The Kier molecular flexibility index (Phi) is 4.52. The minimum atomic E-state index is -1.01. The molecule has 2 fully saturated rings. The molecule has 0 saturated carbocycles. The zero-order valence-electron chi connectivity index (χ0n) is 13.0. The molecule has 124 valence electrons. The van der Waals surface area contributed by atoms with Gasteiger partial charge in [0.25, 0.3) is 0 Å². The van der Waals surface area contributed by atoms with Crippen LogP contribution in [0, 0.1) is 5.92 Å². The summed E-state index contributed by atoms with van der Waals surface area (Å²) in [6.07, 6.45) is 3.22. The number of amides is 1. The summed E-state index contributed by atoms with van der Waals surface area (Å²) in [6.45, 7) is 1.56. The third kappa shape index (κ3) is 3.64. The summed E-state index contributed by atoms with van der Waals surface area (Å²) >= 11 is 0. The number of carboxylic acids is 1. The SMILES string of the molecule is C[C@@H](NC(=O)[C@H]1C[C@H]2CC[C@H]1O2)c1ccc(OCC(=O)O)cc1. The van der Waals surface area contributed by atoms with Gasteiger partial charge in [-0.3, -0.25) is 4.79 Å². The van der Waals surface area contributed by atoms with E-state index >= 15 is 0 Å². The van der Waals surface area contributed by atoms with E-state index in [1.54, 1.807) is 12.1 Å². The van der Waals surface area contributed by atoms with Gasteiger partial charge in [0.05, 0.1) is 24.2 Å². The van der Waals surface area contributed by atoms with Crippen molar-refractivity contribution in [1.29, 1.82) is 0 Å². The Hall–Kier alpha value is -2.08. The predicted octanol–water partition coefficient (Wildman–Crippen LogP) is 1.89. The molecule has 0 spiro atoms. The van der Waals surface area contributed by atoms with Gasteiger partial charge in [-0.2, -0.15) is 0 Å². The van der Waals surface area contributed by atoms with Gasteiger partial charge >= 0.3 is 5.97 Å². The van der Waals surface area contributed by atoms with Crippen LogP contribution in [0.1, 0.15) is 37.8 Å². The van der Waals surface area contributed by atoms with Crippen LogP contribution in [0.25, 0.3) is 0 Å². The third-order valence-corrected chi connectivity index (χ3v) is 4.54. The first-order valence-electron chi connectivity index (χ1n) is 7.93. The van der Waals surface area contributed by atoms with E-state index in [4.69, 9.17) is 14.6 Å².